The second-order valence-corrected chi connectivity index (χ2v) is 3.67. The third kappa shape index (κ3) is 1.74. The summed E-state index contributed by atoms with van der Waals surface area (Å²) >= 11 is 0. The van der Waals surface area contributed by atoms with Crippen molar-refractivity contribution in [2.45, 2.75) is 5.92 Å². The smallest absolute Gasteiger partial charge is 0.00239 e. The first-order valence-electron chi connectivity index (χ1n) is 4.87. The summed E-state index contributed by atoms with van der Waals surface area (Å²) in [5.74, 6) is 1.23. The first kappa shape index (κ1) is 8.73. The van der Waals surface area contributed by atoms with Crippen LogP contribution in [0.5, 0.6) is 0 Å². The number of hydrogen-bond donors (Lipinski definition) is 2. The summed E-state index contributed by atoms with van der Waals surface area (Å²) in [6.45, 7) is 2.93. The maximum absolute atomic E-state index is 5.72. The molecule has 70 valence electrons. The zero-order chi connectivity index (χ0) is 9.10. The summed E-state index contributed by atoms with van der Waals surface area (Å²) < 4.78 is 0. The molecule has 1 fully saturated rings. The molecule has 2 nitrogen and oxygen atoms in total. The highest BCUT2D eigenvalue weighted by Gasteiger charge is 2.26. The molecule has 0 amide bonds. The van der Waals surface area contributed by atoms with Crippen LogP contribution in [0, 0.1) is 5.92 Å². The molecule has 2 rings (SSSR count). The number of nitrogens with two attached hydrogens (primary N) is 1. The van der Waals surface area contributed by atoms with Crippen molar-refractivity contribution >= 4 is 0 Å². The Morgan fingerprint density at radius 1 is 1.23 bits per heavy atom. The van der Waals surface area contributed by atoms with Gasteiger partial charge in [-0.05, 0) is 24.6 Å². The number of rotatable bonds is 2. The molecule has 1 heterocycles. The van der Waals surface area contributed by atoms with Crippen molar-refractivity contribution in [3.63, 3.8) is 0 Å². The van der Waals surface area contributed by atoms with Gasteiger partial charge in [0.1, 0.15) is 0 Å². The second-order valence-electron chi connectivity index (χ2n) is 3.67. The molecule has 1 aliphatic rings. The minimum Gasteiger partial charge on any atom is -0.330 e. The van der Waals surface area contributed by atoms with Crippen molar-refractivity contribution in [2.75, 3.05) is 19.6 Å². The number of benzene rings is 1. The van der Waals surface area contributed by atoms with Crippen LogP contribution in [0.1, 0.15) is 11.5 Å². The normalized spacial score (nSPS) is 27.8. The van der Waals surface area contributed by atoms with Gasteiger partial charge in [0, 0.05) is 12.5 Å². The third-order valence-corrected chi connectivity index (χ3v) is 2.87. The monoisotopic (exact) mass is 176 g/mol. The van der Waals surface area contributed by atoms with Crippen LogP contribution in [0.2, 0.25) is 0 Å². The molecular formula is C11H16N2. The van der Waals surface area contributed by atoms with E-state index in [1.807, 2.05) is 0 Å². The topological polar surface area (TPSA) is 38.0 Å². The lowest BCUT2D eigenvalue weighted by molar-refractivity contribution is 0.531. The average molecular weight is 176 g/mol. The highest BCUT2D eigenvalue weighted by molar-refractivity contribution is 5.22. The van der Waals surface area contributed by atoms with E-state index in [0.717, 1.165) is 19.6 Å². The van der Waals surface area contributed by atoms with Crippen molar-refractivity contribution in [1.29, 1.82) is 0 Å². The molecule has 0 unspecified atom stereocenters. The zero-order valence-electron chi connectivity index (χ0n) is 7.74. The summed E-state index contributed by atoms with van der Waals surface area (Å²) in [4.78, 5) is 0. The molecule has 0 bridgehead atoms. The molecule has 0 aromatic heterocycles. The molecule has 13 heavy (non-hydrogen) atoms. The van der Waals surface area contributed by atoms with Gasteiger partial charge < -0.3 is 11.1 Å². The van der Waals surface area contributed by atoms with E-state index < -0.39 is 0 Å². The van der Waals surface area contributed by atoms with Crippen LogP contribution >= 0.6 is 0 Å². The van der Waals surface area contributed by atoms with Crippen molar-refractivity contribution in [3.05, 3.63) is 35.9 Å². The molecule has 1 aromatic rings. The Hall–Kier alpha value is -0.860. The maximum Gasteiger partial charge on any atom is 0.00239 e. The molecule has 2 atom stereocenters. The minimum absolute atomic E-state index is 0.613. The predicted octanol–water partition coefficient (Wildman–Crippen LogP) is 0.948. The van der Waals surface area contributed by atoms with E-state index in [1.165, 1.54) is 5.56 Å². The Morgan fingerprint density at radius 3 is 2.69 bits per heavy atom. The second kappa shape index (κ2) is 3.90. The summed E-state index contributed by atoms with van der Waals surface area (Å²) in [5, 5.41) is 3.39. The molecule has 0 saturated carbocycles. The lowest BCUT2D eigenvalue weighted by Crippen LogP contribution is -2.20. The standard InChI is InChI=1S/C11H16N2/c12-6-10-7-13-8-11(10)9-4-2-1-3-5-9/h1-5,10-11,13H,6-8,12H2/t10-,11+/m1/s1. The van der Waals surface area contributed by atoms with Gasteiger partial charge in [-0.3, -0.25) is 0 Å². The van der Waals surface area contributed by atoms with Crippen molar-refractivity contribution < 1.29 is 0 Å². The van der Waals surface area contributed by atoms with E-state index in [-0.39, 0.29) is 0 Å². The van der Waals surface area contributed by atoms with Gasteiger partial charge in [-0.25, -0.2) is 0 Å². The van der Waals surface area contributed by atoms with E-state index in [9.17, 15) is 0 Å². The number of hydrogen-bond acceptors (Lipinski definition) is 2. The van der Waals surface area contributed by atoms with Crippen LogP contribution in [0.4, 0.5) is 0 Å². The van der Waals surface area contributed by atoms with Gasteiger partial charge in [-0.2, -0.15) is 0 Å². The quantitative estimate of drug-likeness (QED) is 0.704. The highest BCUT2D eigenvalue weighted by Crippen LogP contribution is 2.26. The fourth-order valence-corrected chi connectivity index (χ4v) is 2.07. The van der Waals surface area contributed by atoms with Crippen LogP contribution in [0.3, 0.4) is 0 Å². The average Bonchev–Trinajstić information content (AvgIpc) is 2.67. The van der Waals surface area contributed by atoms with Crippen LogP contribution in [0.15, 0.2) is 30.3 Å². The van der Waals surface area contributed by atoms with Crippen LogP contribution in [-0.4, -0.2) is 19.6 Å². The van der Waals surface area contributed by atoms with Gasteiger partial charge in [0.15, 0.2) is 0 Å². The first-order valence-corrected chi connectivity index (χ1v) is 4.87. The van der Waals surface area contributed by atoms with Crippen molar-refractivity contribution in [1.82, 2.24) is 5.32 Å². The molecule has 1 aliphatic heterocycles. The van der Waals surface area contributed by atoms with E-state index >= 15 is 0 Å². The van der Waals surface area contributed by atoms with E-state index in [0.29, 0.717) is 11.8 Å². The van der Waals surface area contributed by atoms with Gasteiger partial charge in [0.25, 0.3) is 0 Å². The Bertz CT molecular complexity index is 258. The van der Waals surface area contributed by atoms with E-state index in [2.05, 4.69) is 35.6 Å². The van der Waals surface area contributed by atoms with Gasteiger partial charge in [-0.1, -0.05) is 30.3 Å². The molecule has 3 N–H and O–H groups in total. The molecule has 0 aliphatic carbocycles. The van der Waals surface area contributed by atoms with E-state index in [1.54, 1.807) is 0 Å². The predicted molar refractivity (Wildman–Crippen MR) is 54.6 cm³/mol. The Kier molecular flexibility index (Phi) is 2.62. The minimum atomic E-state index is 0.613. The molecule has 1 saturated heterocycles. The van der Waals surface area contributed by atoms with Gasteiger partial charge in [0.05, 0.1) is 0 Å². The summed E-state index contributed by atoms with van der Waals surface area (Å²) in [6.07, 6.45) is 0. The Labute approximate surface area is 79.1 Å². The van der Waals surface area contributed by atoms with E-state index in [4.69, 9.17) is 5.73 Å². The maximum atomic E-state index is 5.72. The summed E-state index contributed by atoms with van der Waals surface area (Å²) in [6, 6.07) is 10.6. The van der Waals surface area contributed by atoms with Crippen molar-refractivity contribution in [3.8, 4) is 0 Å². The fourth-order valence-electron chi connectivity index (χ4n) is 2.07. The largest absolute Gasteiger partial charge is 0.330 e. The molecule has 0 spiro atoms. The SMILES string of the molecule is NC[C@@H]1CNC[C@H]1c1ccccc1. The van der Waals surface area contributed by atoms with Gasteiger partial charge in [0.2, 0.25) is 0 Å². The van der Waals surface area contributed by atoms with Crippen LogP contribution < -0.4 is 11.1 Å². The Balaban J connectivity index is 2.16. The summed E-state index contributed by atoms with van der Waals surface area (Å²) in [5.41, 5.74) is 7.14. The van der Waals surface area contributed by atoms with Crippen LogP contribution in [-0.2, 0) is 0 Å². The summed E-state index contributed by atoms with van der Waals surface area (Å²) in [7, 11) is 0. The highest BCUT2D eigenvalue weighted by atomic mass is 14.9. The van der Waals surface area contributed by atoms with Gasteiger partial charge >= 0.3 is 0 Å². The third-order valence-electron chi connectivity index (χ3n) is 2.87. The first-order chi connectivity index (χ1) is 6.42. The lowest BCUT2D eigenvalue weighted by Gasteiger charge is -2.16. The molecule has 0 radical (unpaired) electrons. The van der Waals surface area contributed by atoms with Crippen LogP contribution in [0.25, 0.3) is 0 Å². The van der Waals surface area contributed by atoms with Crippen molar-refractivity contribution in [2.24, 2.45) is 11.7 Å². The molecular weight excluding hydrogens is 160 g/mol. The zero-order valence-corrected chi connectivity index (χ0v) is 7.74. The molecule has 1 aromatic carbocycles. The fraction of sp³-hybridized carbons (Fsp3) is 0.455. The molecule has 2 heteroatoms. The lowest BCUT2D eigenvalue weighted by atomic mass is 9.89. The Morgan fingerprint density at radius 2 is 2.00 bits per heavy atom. The number of nitrogens with one attached hydrogen (secondary N) is 1. The van der Waals surface area contributed by atoms with Gasteiger partial charge in [-0.15, -0.1) is 0 Å².